The highest BCUT2D eigenvalue weighted by Crippen LogP contribution is 2.27. The van der Waals surface area contributed by atoms with Crippen LogP contribution in [-0.4, -0.2) is 0 Å². The fourth-order valence-corrected chi connectivity index (χ4v) is 2.92. The number of hydrogen-bond acceptors (Lipinski definition) is 3. The van der Waals surface area contributed by atoms with E-state index in [1.807, 2.05) is 25.1 Å². The Balaban J connectivity index is 2.23. The molecule has 0 aliphatic rings. The Bertz CT molecular complexity index is 482. The molecular weight excluding hydrogens is 252 g/mol. The molecule has 1 atom stereocenters. The normalized spacial score (nSPS) is 12.6. The average Bonchev–Trinajstić information content (AvgIpc) is 2.79. The number of benzene rings is 1. The van der Waals surface area contributed by atoms with E-state index in [0.717, 1.165) is 22.6 Å². The highest BCUT2D eigenvalue weighted by molar-refractivity contribution is 7.09. The van der Waals surface area contributed by atoms with Crippen molar-refractivity contribution >= 4 is 22.9 Å². The predicted molar refractivity (Wildman–Crippen MR) is 74.3 cm³/mol. The van der Waals surface area contributed by atoms with E-state index in [2.05, 4.69) is 22.9 Å². The minimum atomic E-state index is 0.0572. The van der Waals surface area contributed by atoms with Gasteiger partial charge < -0.3 is 0 Å². The van der Waals surface area contributed by atoms with Crippen LogP contribution in [-0.2, 0) is 6.42 Å². The molecule has 0 bridgehead atoms. The van der Waals surface area contributed by atoms with E-state index >= 15 is 0 Å². The number of nitrogens with two attached hydrogens (primary N) is 1. The van der Waals surface area contributed by atoms with Gasteiger partial charge in [-0.25, -0.2) is 0 Å². The van der Waals surface area contributed by atoms with Crippen LogP contribution >= 0.6 is 22.9 Å². The van der Waals surface area contributed by atoms with Crippen LogP contribution in [0.3, 0.4) is 0 Å². The Morgan fingerprint density at radius 3 is 2.82 bits per heavy atom. The lowest BCUT2D eigenvalue weighted by Crippen LogP contribution is -2.29. The van der Waals surface area contributed by atoms with Crippen molar-refractivity contribution in [3.05, 3.63) is 56.7 Å². The lowest BCUT2D eigenvalue weighted by molar-refractivity contribution is 0.556. The largest absolute Gasteiger partial charge is 0.271 e. The van der Waals surface area contributed by atoms with Crippen LogP contribution in [0, 0.1) is 6.92 Å². The third-order valence-electron chi connectivity index (χ3n) is 2.72. The van der Waals surface area contributed by atoms with Gasteiger partial charge in [0.25, 0.3) is 0 Å². The molecule has 0 saturated heterocycles. The SMILES string of the molecule is Cc1ccc(C(Cc2cccs2)NN)c(Cl)c1. The summed E-state index contributed by atoms with van der Waals surface area (Å²) in [6, 6.07) is 10.3. The van der Waals surface area contributed by atoms with E-state index in [1.54, 1.807) is 11.3 Å². The maximum Gasteiger partial charge on any atom is 0.0522 e. The molecule has 0 spiro atoms. The molecule has 1 heterocycles. The van der Waals surface area contributed by atoms with Gasteiger partial charge in [-0.1, -0.05) is 29.8 Å². The zero-order chi connectivity index (χ0) is 12.3. The van der Waals surface area contributed by atoms with Crippen molar-refractivity contribution in [2.24, 2.45) is 5.84 Å². The van der Waals surface area contributed by atoms with Crippen molar-refractivity contribution in [2.75, 3.05) is 0 Å². The summed E-state index contributed by atoms with van der Waals surface area (Å²) in [7, 11) is 0. The first-order chi connectivity index (χ1) is 8.20. The molecule has 1 aromatic carbocycles. The molecule has 90 valence electrons. The van der Waals surface area contributed by atoms with Crippen LogP contribution in [0.1, 0.15) is 22.0 Å². The van der Waals surface area contributed by atoms with Gasteiger partial charge in [-0.05, 0) is 35.6 Å². The zero-order valence-electron chi connectivity index (χ0n) is 9.61. The van der Waals surface area contributed by atoms with Crippen molar-refractivity contribution < 1.29 is 0 Å². The first-order valence-electron chi connectivity index (χ1n) is 5.45. The number of halogens is 1. The second kappa shape index (κ2) is 5.65. The van der Waals surface area contributed by atoms with Crippen LogP contribution in [0.5, 0.6) is 0 Å². The van der Waals surface area contributed by atoms with Crippen LogP contribution in [0.25, 0.3) is 0 Å². The van der Waals surface area contributed by atoms with E-state index in [0.29, 0.717) is 0 Å². The number of hydrazine groups is 1. The summed E-state index contributed by atoms with van der Waals surface area (Å²) >= 11 is 7.98. The number of aryl methyl sites for hydroxylation is 1. The standard InChI is InChI=1S/C13H15ClN2S/c1-9-4-5-11(12(14)7-9)13(16-15)8-10-3-2-6-17-10/h2-7,13,16H,8,15H2,1H3. The number of thiophene rings is 1. The predicted octanol–water partition coefficient (Wildman–Crippen LogP) is 3.46. The van der Waals surface area contributed by atoms with E-state index in [1.165, 1.54) is 4.88 Å². The van der Waals surface area contributed by atoms with Gasteiger partial charge in [-0.2, -0.15) is 0 Å². The van der Waals surface area contributed by atoms with Gasteiger partial charge in [-0.3, -0.25) is 11.3 Å². The minimum absolute atomic E-state index is 0.0572. The molecule has 2 aromatic rings. The van der Waals surface area contributed by atoms with E-state index < -0.39 is 0 Å². The highest BCUT2D eigenvalue weighted by Gasteiger charge is 2.14. The van der Waals surface area contributed by atoms with E-state index in [4.69, 9.17) is 17.4 Å². The Morgan fingerprint density at radius 1 is 1.41 bits per heavy atom. The van der Waals surface area contributed by atoms with Crippen molar-refractivity contribution in [1.29, 1.82) is 0 Å². The number of nitrogens with one attached hydrogen (secondary N) is 1. The fraction of sp³-hybridized carbons (Fsp3) is 0.231. The molecule has 0 amide bonds. The molecule has 1 unspecified atom stereocenters. The molecule has 2 nitrogen and oxygen atoms in total. The monoisotopic (exact) mass is 266 g/mol. The topological polar surface area (TPSA) is 38.0 Å². The van der Waals surface area contributed by atoms with Gasteiger partial charge in [0.15, 0.2) is 0 Å². The van der Waals surface area contributed by atoms with Gasteiger partial charge in [-0.15, -0.1) is 11.3 Å². The summed E-state index contributed by atoms with van der Waals surface area (Å²) in [4.78, 5) is 1.30. The van der Waals surface area contributed by atoms with Crippen LogP contribution < -0.4 is 11.3 Å². The Hall–Kier alpha value is -0.870. The summed E-state index contributed by atoms with van der Waals surface area (Å²) in [6.07, 6.45) is 0.858. The molecular formula is C13H15ClN2S. The highest BCUT2D eigenvalue weighted by atomic mass is 35.5. The molecule has 1 aromatic heterocycles. The first-order valence-corrected chi connectivity index (χ1v) is 6.71. The van der Waals surface area contributed by atoms with Gasteiger partial charge in [0, 0.05) is 16.3 Å². The Morgan fingerprint density at radius 2 is 2.24 bits per heavy atom. The van der Waals surface area contributed by atoms with Crippen molar-refractivity contribution in [3.8, 4) is 0 Å². The van der Waals surface area contributed by atoms with Crippen molar-refractivity contribution in [2.45, 2.75) is 19.4 Å². The maximum absolute atomic E-state index is 6.25. The molecule has 0 saturated carbocycles. The van der Waals surface area contributed by atoms with Crippen LogP contribution in [0.4, 0.5) is 0 Å². The summed E-state index contributed by atoms with van der Waals surface area (Å²) in [6.45, 7) is 2.03. The lowest BCUT2D eigenvalue weighted by atomic mass is 10.0. The zero-order valence-corrected chi connectivity index (χ0v) is 11.2. The molecule has 0 radical (unpaired) electrons. The molecule has 17 heavy (non-hydrogen) atoms. The van der Waals surface area contributed by atoms with Gasteiger partial charge in [0.1, 0.15) is 0 Å². The van der Waals surface area contributed by atoms with Gasteiger partial charge >= 0.3 is 0 Å². The third-order valence-corrected chi connectivity index (χ3v) is 3.94. The van der Waals surface area contributed by atoms with E-state index in [-0.39, 0.29) is 6.04 Å². The summed E-state index contributed by atoms with van der Waals surface area (Å²) in [5, 5.41) is 2.84. The molecule has 0 fully saturated rings. The quantitative estimate of drug-likeness (QED) is 0.657. The molecule has 0 aliphatic heterocycles. The van der Waals surface area contributed by atoms with Crippen molar-refractivity contribution in [3.63, 3.8) is 0 Å². The maximum atomic E-state index is 6.25. The van der Waals surface area contributed by atoms with Gasteiger partial charge in [0.2, 0.25) is 0 Å². The summed E-state index contributed by atoms with van der Waals surface area (Å²) in [5.74, 6) is 5.62. The van der Waals surface area contributed by atoms with Crippen molar-refractivity contribution in [1.82, 2.24) is 5.43 Å². The molecule has 4 heteroatoms. The second-order valence-corrected chi connectivity index (χ2v) is 5.47. The fourth-order valence-electron chi connectivity index (χ4n) is 1.80. The molecule has 2 rings (SSSR count). The smallest absolute Gasteiger partial charge is 0.0522 e. The third kappa shape index (κ3) is 3.07. The number of rotatable bonds is 4. The Labute approximate surface area is 110 Å². The number of hydrogen-bond donors (Lipinski definition) is 2. The second-order valence-electron chi connectivity index (χ2n) is 4.03. The van der Waals surface area contributed by atoms with E-state index in [9.17, 15) is 0 Å². The average molecular weight is 267 g/mol. The first kappa shape index (κ1) is 12.6. The molecule has 3 N–H and O–H groups in total. The Kier molecular flexibility index (Phi) is 4.18. The van der Waals surface area contributed by atoms with Crippen LogP contribution in [0.2, 0.25) is 5.02 Å². The molecule has 0 aliphatic carbocycles. The lowest BCUT2D eigenvalue weighted by Gasteiger charge is -2.17. The summed E-state index contributed by atoms with van der Waals surface area (Å²) in [5.41, 5.74) is 5.05. The van der Waals surface area contributed by atoms with Crippen LogP contribution in [0.15, 0.2) is 35.7 Å². The summed E-state index contributed by atoms with van der Waals surface area (Å²) < 4.78 is 0. The van der Waals surface area contributed by atoms with Gasteiger partial charge in [0.05, 0.1) is 6.04 Å². The minimum Gasteiger partial charge on any atom is -0.271 e.